The SMILES string of the molecule is CNCN(C)NN(C)C. The Kier molecular flexibility index (Phi) is 4.61. The molecule has 2 N–H and O–H groups in total. The van der Waals surface area contributed by atoms with Gasteiger partial charge < -0.3 is 5.32 Å². The fourth-order valence-electron chi connectivity index (χ4n) is 0.614. The van der Waals surface area contributed by atoms with Gasteiger partial charge in [0.2, 0.25) is 0 Å². The van der Waals surface area contributed by atoms with Gasteiger partial charge in [0.05, 0.1) is 6.67 Å². The molecule has 0 amide bonds. The van der Waals surface area contributed by atoms with Crippen molar-refractivity contribution in [2.45, 2.75) is 0 Å². The monoisotopic (exact) mass is 132 g/mol. The van der Waals surface area contributed by atoms with Crippen molar-refractivity contribution >= 4 is 0 Å². The van der Waals surface area contributed by atoms with E-state index >= 15 is 0 Å². The molecule has 0 aliphatic carbocycles. The van der Waals surface area contributed by atoms with Crippen molar-refractivity contribution in [3.8, 4) is 0 Å². The molecule has 0 spiro atoms. The highest BCUT2D eigenvalue weighted by atomic mass is 15.7. The first-order chi connectivity index (χ1) is 4.16. The van der Waals surface area contributed by atoms with Gasteiger partial charge >= 0.3 is 0 Å². The number of rotatable bonds is 4. The van der Waals surface area contributed by atoms with Gasteiger partial charge in [-0.3, -0.25) is 0 Å². The Balaban J connectivity index is 3.15. The third-order valence-corrected chi connectivity index (χ3v) is 0.766. The zero-order valence-electron chi connectivity index (χ0n) is 6.60. The summed E-state index contributed by atoms with van der Waals surface area (Å²) >= 11 is 0. The molecule has 0 aromatic heterocycles. The van der Waals surface area contributed by atoms with E-state index in [1.165, 1.54) is 0 Å². The van der Waals surface area contributed by atoms with Crippen LogP contribution in [0.15, 0.2) is 0 Å². The van der Waals surface area contributed by atoms with Gasteiger partial charge in [0.25, 0.3) is 0 Å². The van der Waals surface area contributed by atoms with Crippen LogP contribution in [0, 0.1) is 0 Å². The molecule has 0 rings (SSSR count). The van der Waals surface area contributed by atoms with E-state index in [1.807, 2.05) is 38.2 Å². The Bertz CT molecular complexity index is 64.0. The van der Waals surface area contributed by atoms with Crippen LogP contribution < -0.4 is 10.9 Å². The molecule has 4 heteroatoms. The van der Waals surface area contributed by atoms with Crippen LogP contribution in [0.3, 0.4) is 0 Å². The van der Waals surface area contributed by atoms with E-state index in [4.69, 9.17) is 0 Å². The number of nitrogens with one attached hydrogen (secondary N) is 2. The summed E-state index contributed by atoms with van der Waals surface area (Å²) in [5.41, 5.74) is 3.05. The van der Waals surface area contributed by atoms with Crippen LogP contribution in [-0.4, -0.2) is 44.9 Å². The van der Waals surface area contributed by atoms with Crippen molar-refractivity contribution < 1.29 is 0 Å². The summed E-state index contributed by atoms with van der Waals surface area (Å²) in [6.45, 7) is 0.832. The Labute approximate surface area is 56.8 Å². The molecule has 0 aliphatic heterocycles. The lowest BCUT2D eigenvalue weighted by atomic mass is 10.9. The first-order valence-corrected chi connectivity index (χ1v) is 2.96. The Hall–Kier alpha value is -0.160. The largest absolute Gasteiger partial charge is 0.306 e. The molecular formula is C5H16N4. The molecule has 0 fully saturated rings. The second kappa shape index (κ2) is 4.69. The molecule has 56 valence electrons. The molecule has 0 saturated heterocycles. The molecule has 0 aliphatic rings. The van der Waals surface area contributed by atoms with E-state index in [0.717, 1.165) is 6.67 Å². The molecular weight excluding hydrogens is 116 g/mol. The predicted octanol–water partition coefficient (Wildman–Crippen LogP) is -0.924. The van der Waals surface area contributed by atoms with Crippen molar-refractivity contribution in [2.24, 2.45) is 0 Å². The summed E-state index contributed by atoms with van der Waals surface area (Å²) in [7, 11) is 7.78. The van der Waals surface area contributed by atoms with Crippen molar-refractivity contribution in [3.63, 3.8) is 0 Å². The van der Waals surface area contributed by atoms with Gasteiger partial charge in [0, 0.05) is 21.1 Å². The summed E-state index contributed by atoms with van der Waals surface area (Å²) in [5, 5.41) is 6.84. The molecule has 0 saturated carbocycles. The Morgan fingerprint density at radius 3 is 2.11 bits per heavy atom. The molecule has 0 unspecified atom stereocenters. The summed E-state index contributed by atoms with van der Waals surface area (Å²) in [4.78, 5) is 0. The number of hydrogen-bond donors (Lipinski definition) is 2. The second-order valence-electron chi connectivity index (χ2n) is 2.20. The van der Waals surface area contributed by atoms with Crippen molar-refractivity contribution in [3.05, 3.63) is 0 Å². The van der Waals surface area contributed by atoms with Crippen LogP contribution in [-0.2, 0) is 0 Å². The molecule has 0 atom stereocenters. The first-order valence-electron chi connectivity index (χ1n) is 2.96. The normalized spacial score (nSPS) is 11.3. The lowest BCUT2D eigenvalue weighted by molar-refractivity contribution is 0.0812. The van der Waals surface area contributed by atoms with Crippen molar-refractivity contribution in [1.29, 1.82) is 0 Å². The highest BCUT2D eigenvalue weighted by molar-refractivity contribution is 4.33. The predicted molar refractivity (Wildman–Crippen MR) is 38.5 cm³/mol. The fraction of sp³-hybridized carbons (Fsp3) is 1.00. The van der Waals surface area contributed by atoms with E-state index < -0.39 is 0 Å². The van der Waals surface area contributed by atoms with Gasteiger partial charge in [-0.25, -0.2) is 10.0 Å². The summed E-state index contributed by atoms with van der Waals surface area (Å²) in [5.74, 6) is 0. The average molecular weight is 132 g/mol. The minimum Gasteiger partial charge on any atom is -0.306 e. The van der Waals surface area contributed by atoms with Crippen LogP contribution >= 0.6 is 0 Å². The number of nitrogens with zero attached hydrogens (tertiary/aromatic N) is 2. The van der Waals surface area contributed by atoms with E-state index in [1.54, 1.807) is 0 Å². The summed E-state index contributed by atoms with van der Waals surface area (Å²) in [6.07, 6.45) is 0. The molecule has 9 heavy (non-hydrogen) atoms. The van der Waals surface area contributed by atoms with Crippen LogP contribution in [0.1, 0.15) is 0 Å². The third-order valence-electron chi connectivity index (χ3n) is 0.766. The number of hydrazine groups is 2. The fourth-order valence-corrected chi connectivity index (χ4v) is 0.614. The lowest BCUT2D eigenvalue weighted by Crippen LogP contribution is -2.46. The highest BCUT2D eigenvalue weighted by Crippen LogP contribution is 1.69. The zero-order valence-corrected chi connectivity index (χ0v) is 6.60. The maximum Gasteiger partial charge on any atom is 0.0628 e. The van der Waals surface area contributed by atoms with E-state index in [9.17, 15) is 0 Å². The van der Waals surface area contributed by atoms with Crippen LogP contribution in [0.5, 0.6) is 0 Å². The van der Waals surface area contributed by atoms with Crippen LogP contribution in [0.2, 0.25) is 0 Å². The van der Waals surface area contributed by atoms with Gasteiger partial charge in [-0.15, -0.1) is 0 Å². The molecule has 0 aromatic rings. The number of hydrogen-bond acceptors (Lipinski definition) is 4. The quantitative estimate of drug-likeness (QED) is 0.382. The topological polar surface area (TPSA) is 30.5 Å². The summed E-state index contributed by atoms with van der Waals surface area (Å²) < 4.78 is 0. The first kappa shape index (κ1) is 8.84. The average Bonchev–Trinajstić information content (AvgIpc) is 1.63. The van der Waals surface area contributed by atoms with E-state index in [0.29, 0.717) is 0 Å². The van der Waals surface area contributed by atoms with E-state index in [2.05, 4.69) is 10.9 Å². The maximum atomic E-state index is 3.05. The Morgan fingerprint density at radius 2 is 1.78 bits per heavy atom. The Morgan fingerprint density at radius 1 is 1.22 bits per heavy atom. The smallest absolute Gasteiger partial charge is 0.0628 e. The van der Waals surface area contributed by atoms with Gasteiger partial charge in [-0.05, 0) is 7.05 Å². The molecule has 0 heterocycles. The second-order valence-corrected chi connectivity index (χ2v) is 2.20. The standard InChI is InChI=1S/C5H16N4/c1-6-5-9(4)7-8(2)3/h6-7H,5H2,1-4H3. The van der Waals surface area contributed by atoms with Gasteiger partial charge in [-0.2, -0.15) is 5.53 Å². The lowest BCUT2D eigenvalue weighted by Gasteiger charge is -2.21. The van der Waals surface area contributed by atoms with Crippen LogP contribution in [0.4, 0.5) is 0 Å². The highest BCUT2D eigenvalue weighted by Gasteiger charge is 1.92. The zero-order chi connectivity index (χ0) is 7.28. The molecule has 4 nitrogen and oxygen atoms in total. The molecule has 0 bridgehead atoms. The van der Waals surface area contributed by atoms with Gasteiger partial charge in [0.15, 0.2) is 0 Å². The molecule has 0 aromatic carbocycles. The maximum absolute atomic E-state index is 3.05. The molecule has 0 radical (unpaired) electrons. The van der Waals surface area contributed by atoms with E-state index in [-0.39, 0.29) is 0 Å². The van der Waals surface area contributed by atoms with Gasteiger partial charge in [-0.1, -0.05) is 0 Å². The van der Waals surface area contributed by atoms with Crippen LogP contribution in [0.25, 0.3) is 0 Å². The van der Waals surface area contributed by atoms with Crippen molar-refractivity contribution in [1.82, 2.24) is 20.9 Å². The minimum atomic E-state index is 0.832. The minimum absolute atomic E-state index is 0.832. The summed E-state index contributed by atoms with van der Waals surface area (Å²) in [6, 6.07) is 0. The van der Waals surface area contributed by atoms with Gasteiger partial charge in [0.1, 0.15) is 0 Å². The third kappa shape index (κ3) is 5.72. The van der Waals surface area contributed by atoms with Crippen molar-refractivity contribution in [2.75, 3.05) is 34.9 Å².